The molecule has 0 aliphatic carbocycles. The first-order valence-corrected chi connectivity index (χ1v) is 5.99. The number of nitrogens with two attached hydrogens (primary N) is 1. The minimum atomic E-state index is -0.959. The van der Waals surface area contributed by atoms with Crippen LogP contribution in [0.15, 0.2) is 29.4 Å². The van der Waals surface area contributed by atoms with Gasteiger partial charge in [-0.15, -0.1) is 0 Å². The molecule has 0 spiro atoms. The van der Waals surface area contributed by atoms with Crippen LogP contribution in [0.25, 0.3) is 10.4 Å². The van der Waals surface area contributed by atoms with Crippen molar-refractivity contribution >= 4 is 5.91 Å². The Kier molecular flexibility index (Phi) is 3.89. The summed E-state index contributed by atoms with van der Waals surface area (Å²) in [6.07, 6.45) is 0.454. The maximum Gasteiger partial charge on any atom is 0.242 e. The van der Waals surface area contributed by atoms with Crippen LogP contribution in [-0.2, 0) is 10.3 Å². The average Bonchev–Trinajstić information content (AvgIpc) is 2.43. The Hall–Kier alpha value is -2.24. The minimum Gasteiger partial charge on any atom is -0.493 e. The molecule has 1 aromatic carbocycles. The van der Waals surface area contributed by atoms with Crippen LogP contribution in [0.2, 0.25) is 0 Å². The molecule has 1 aliphatic rings. The van der Waals surface area contributed by atoms with Gasteiger partial charge in [0.25, 0.3) is 0 Å². The van der Waals surface area contributed by atoms with E-state index in [1.165, 1.54) is 0 Å². The maximum absolute atomic E-state index is 11.9. The van der Waals surface area contributed by atoms with Gasteiger partial charge < -0.3 is 10.5 Å². The second-order valence-electron chi connectivity index (χ2n) is 4.25. The third kappa shape index (κ3) is 2.47. The first-order valence-electron chi connectivity index (χ1n) is 5.99. The van der Waals surface area contributed by atoms with Gasteiger partial charge in [-0.05, 0) is 11.6 Å². The molecule has 0 bridgehead atoms. The summed E-state index contributed by atoms with van der Waals surface area (Å²) in [6, 6.07) is 7.30. The Balaban J connectivity index is 2.30. The van der Waals surface area contributed by atoms with Gasteiger partial charge in [-0.2, -0.15) is 0 Å². The van der Waals surface area contributed by atoms with Crippen molar-refractivity contribution in [3.63, 3.8) is 0 Å². The number of carbonyl (C=O) groups is 1. The number of primary amides is 1. The van der Waals surface area contributed by atoms with Crippen LogP contribution >= 0.6 is 0 Å². The van der Waals surface area contributed by atoms with Crippen LogP contribution in [-0.4, -0.2) is 25.6 Å². The van der Waals surface area contributed by atoms with Gasteiger partial charge in [0.1, 0.15) is 11.3 Å². The molecule has 1 unspecified atom stereocenters. The number of fused-ring (bicyclic) bond motifs is 1. The number of hydrogen-bond donors (Lipinski definition) is 2. The lowest BCUT2D eigenvalue weighted by molar-refractivity contribution is -0.126. The summed E-state index contributed by atoms with van der Waals surface area (Å²) in [5, 5.41) is 6.54. The molecule has 0 fully saturated rings. The van der Waals surface area contributed by atoms with Crippen LogP contribution in [0.1, 0.15) is 12.0 Å². The molecule has 7 heteroatoms. The molecule has 1 aromatic rings. The average molecular weight is 261 g/mol. The second-order valence-corrected chi connectivity index (χ2v) is 4.25. The predicted molar refractivity (Wildman–Crippen MR) is 69.4 cm³/mol. The SMILES string of the molecule is [N-]=[N+]=NCCNC1(C(N)=O)CCOc2ccccc21. The number of para-hydroxylation sites is 1. The van der Waals surface area contributed by atoms with Gasteiger partial charge in [-0.3, -0.25) is 10.1 Å². The zero-order chi connectivity index (χ0) is 13.7. The third-order valence-electron chi connectivity index (χ3n) is 3.20. The molecule has 0 radical (unpaired) electrons. The van der Waals surface area contributed by atoms with Gasteiger partial charge in [-0.25, -0.2) is 0 Å². The molecule has 7 nitrogen and oxygen atoms in total. The largest absolute Gasteiger partial charge is 0.493 e. The number of nitrogens with one attached hydrogen (secondary N) is 1. The molecule has 100 valence electrons. The standard InChI is InChI=1S/C12H15N5O2/c13-11(18)12(15-6-7-16-17-14)5-8-19-10-4-2-1-3-9(10)12/h1-4,15H,5-8H2,(H2,13,18). The summed E-state index contributed by atoms with van der Waals surface area (Å²) in [7, 11) is 0. The monoisotopic (exact) mass is 261 g/mol. The zero-order valence-corrected chi connectivity index (χ0v) is 10.4. The molecule has 0 saturated carbocycles. The number of hydrogen-bond acceptors (Lipinski definition) is 4. The smallest absolute Gasteiger partial charge is 0.242 e. The normalized spacial score (nSPS) is 20.8. The highest BCUT2D eigenvalue weighted by Gasteiger charge is 2.42. The lowest BCUT2D eigenvalue weighted by Crippen LogP contribution is -2.55. The van der Waals surface area contributed by atoms with E-state index >= 15 is 0 Å². The van der Waals surface area contributed by atoms with Crippen molar-refractivity contribution in [2.75, 3.05) is 19.7 Å². The quantitative estimate of drug-likeness (QED) is 0.357. The zero-order valence-electron chi connectivity index (χ0n) is 10.4. The lowest BCUT2D eigenvalue weighted by Gasteiger charge is -2.37. The number of ether oxygens (including phenoxy) is 1. The van der Waals surface area contributed by atoms with E-state index in [2.05, 4.69) is 15.3 Å². The Bertz CT molecular complexity index is 527. The van der Waals surface area contributed by atoms with Crippen molar-refractivity contribution in [1.82, 2.24) is 5.32 Å². The fourth-order valence-electron chi connectivity index (χ4n) is 2.28. The van der Waals surface area contributed by atoms with Crippen molar-refractivity contribution in [2.24, 2.45) is 10.8 Å². The topological polar surface area (TPSA) is 113 Å². The van der Waals surface area contributed by atoms with Crippen molar-refractivity contribution in [1.29, 1.82) is 0 Å². The second kappa shape index (κ2) is 5.60. The van der Waals surface area contributed by atoms with E-state index in [1.54, 1.807) is 6.07 Å². The van der Waals surface area contributed by atoms with E-state index in [-0.39, 0.29) is 6.54 Å². The first kappa shape index (κ1) is 13.2. The number of benzene rings is 1. The van der Waals surface area contributed by atoms with Crippen LogP contribution in [0, 0.1) is 0 Å². The number of azide groups is 1. The van der Waals surface area contributed by atoms with Crippen LogP contribution < -0.4 is 15.8 Å². The summed E-state index contributed by atoms with van der Waals surface area (Å²) in [5.41, 5.74) is 13.6. The highest BCUT2D eigenvalue weighted by molar-refractivity contribution is 5.87. The molecule has 1 heterocycles. The van der Waals surface area contributed by atoms with E-state index in [0.29, 0.717) is 25.3 Å². The Morgan fingerprint density at radius 3 is 3.11 bits per heavy atom. The fourth-order valence-corrected chi connectivity index (χ4v) is 2.28. The number of amides is 1. The molecule has 0 aromatic heterocycles. The number of carbonyl (C=O) groups excluding carboxylic acids is 1. The van der Waals surface area contributed by atoms with Gasteiger partial charge in [0, 0.05) is 30.0 Å². The molecule has 0 saturated heterocycles. The van der Waals surface area contributed by atoms with Gasteiger partial charge in [0.15, 0.2) is 0 Å². The summed E-state index contributed by atoms with van der Waals surface area (Å²) in [5.74, 6) is 0.202. The van der Waals surface area contributed by atoms with Crippen molar-refractivity contribution in [3.8, 4) is 5.75 Å². The highest BCUT2D eigenvalue weighted by Crippen LogP contribution is 2.36. The van der Waals surface area contributed by atoms with Gasteiger partial charge in [-0.1, -0.05) is 23.3 Å². The lowest BCUT2D eigenvalue weighted by atomic mass is 9.83. The first-order chi connectivity index (χ1) is 9.20. The molecule has 1 amide bonds. The molecule has 19 heavy (non-hydrogen) atoms. The maximum atomic E-state index is 11.9. The van der Waals surface area contributed by atoms with Gasteiger partial charge >= 0.3 is 0 Å². The van der Waals surface area contributed by atoms with E-state index in [0.717, 1.165) is 5.56 Å². The summed E-state index contributed by atoms with van der Waals surface area (Å²) < 4.78 is 5.53. The molecule has 1 atom stereocenters. The molecule has 2 rings (SSSR count). The third-order valence-corrected chi connectivity index (χ3v) is 3.20. The van der Waals surface area contributed by atoms with Crippen molar-refractivity contribution in [2.45, 2.75) is 12.0 Å². The highest BCUT2D eigenvalue weighted by atomic mass is 16.5. The minimum absolute atomic E-state index is 0.258. The number of nitrogens with zero attached hydrogens (tertiary/aromatic N) is 3. The summed E-state index contributed by atoms with van der Waals surface area (Å²) in [4.78, 5) is 14.6. The van der Waals surface area contributed by atoms with E-state index < -0.39 is 11.4 Å². The van der Waals surface area contributed by atoms with E-state index in [1.807, 2.05) is 18.2 Å². The van der Waals surface area contributed by atoms with Crippen LogP contribution in [0.3, 0.4) is 0 Å². The summed E-state index contributed by atoms with van der Waals surface area (Å²) >= 11 is 0. The fraction of sp³-hybridized carbons (Fsp3) is 0.417. The molecular weight excluding hydrogens is 246 g/mol. The Morgan fingerprint density at radius 2 is 2.37 bits per heavy atom. The number of rotatable bonds is 5. The Morgan fingerprint density at radius 1 is 1.58 bits per heavy atom. The van der Waals surface area contributed by atoms with Crippen molar-refractivity contribution in [3.05, 3.63) is 40.3 Å². The van der Waals surface area contributed by atoms with Crippen LogP contribution in [0.4, 0.5) is 0 Å². The van der Waals surface area contributed by atoms with Gasteiger partial charge in [0.2, 0.25) is 5.91 Å². The van der Waals surface area contributed by atoms with Crippen LogP contribution in [0.5, 0.6) is 5.75 Å². The Labute approximate surface area is 110 Å². The molecule has 1 aliphatic heterocycles. The van der Waals surface area contributed by atoms with Gasteiger partial charge in [0.05, 0.1) is 6.61 Å². The van der Waals surface area contributed by atoms with E-state index in [9.17, 15) is 4.79 Å². The van der Waals surface area contributed by atoms with E-state index in [4.69, 9.17) is 16.0 Å². The summed E-state index contributed by atoms with van der Waals surface area (Å²) in [6.45, 7) is 1.05. The molecular formula is C12H15N5O2. The van der Waals surface area contributed by atoms with Crippen molar-refractivity contribution < 1.29 is 9.53 Å². The predicted octanol–water partition coefficient (Wildman–Crippen LogP) is 1.05. The molecule has 3 N–H and O–H groups in total.